The minimum absolute atomic E-state index is 0.260. The van der Waals surface area contributed by atoms with E-state index < -0.39 is 7.80 Å². The Labute approximate surface area is 93.7 Å². The van der Waals surface area contributed by atoms with Gasteiger partial charge in [-0.3, -0.25) is 9.36 Å². The van der Waals surface area contributed by atoms with Crippen LogP contribution in [0.2, 0.25) is 0 Å². The molecule has 3 heteroatoms. The molecule has 0 aliphatic carbocycles. The topological polar surface area (TPSA) is 34.1 Å². The average Bonchev–Trinajstić information content (AvgIpc) is 2.36. The molecule has 0 fully saturated rings. The molecule has 16 heavy (non-hydrogen) atoms. The maximum absolute atomic E-state index is 12.0. The van der Waals surface area contributed by atoms with Crippen LogP contribution in [0.5, 0.6) is 0 Å². The molecule has 0 spiro atoms. The summed E-state index contributed by atoms with van der Waals surface area (Å²) in [4.78, 5) is 11.9. The average molecular weight is 227 g/mol. The van der Waals surface area contributed by atoms with Crippen molar-refractivity contribution in [3.05, 3.63) is 54.1 Å². The number of benzene rings is 2. The van der Waals surface area contributed by atoms with Gasteiger partial charge in [-0.1, -0.05) is 36.4 Å². The zero-order chi connectivity index (χ0) is 11.1. The summed E-state index contributed by atoms with van der Waals surface area (Å²) in [6, 6.07) is 14.7. The first-order valence-electron chi connectivity index (χ1n) is 4.99. The molecule has 1 heterocycles. The number of hydrogen-bond donors (Lipinski definition) is 0. The molecule has 0 amide bonds. The Hall–Kier alpha value is -1.79. The summed E-state index contributed by atoms with van der Waals surface area (Å²) in [6.07, 6.45) is 0. The second-order valence-electron chi connectivity index (χ2n) is 3.66. The molecule has 1 aliphatic rings. The third-order valence-corrected chi connectivity index (χ3v) is 4.19. The van der Waals surface area contributed by atoms with Gasteiger partial charge in [0.25, 0.3) is 0 Å². The van der Waals surface area contributed by atoms with Gasteiger partial charge in [0.15, 0.2) is 7.80 Å². The van der Waals surface area contributed by atoms with Gasteiger partial charge in [0.05, 0.1) is 0 Å². The molecule has 1 radical (unpaired) electrons. The van der Waals surface area contributed by atoms with Gasteiger partial charge in [-0.25, -0.2) is 0 Å². The Morgan fingerprint density at radius 2 is 1.31 bits per heavy atom. The van der Waals surface area contributed by atoms with Crippen molar-refractivity contribution in [1.29, 1.82) is 0 Å². The number of hydrogen-bond acceptors (Lipinski definition) is 2. The van der Waals surface area contributed by atoms with Crippen LogP contribution in [0.4, 0.5) is 0 Å². The maximum atomic E-state index is 12.0. The fraction of sp³-hybridized carbons (Fsp3) is 0. The van der Waals surface area contributed by atoms with E-state index in [1.807, 2.05) is 30.3 Å². The van der Waals surface area contributed by atoms with Crippen LogP contribution in [0.3, 0.4) is 0 Å². The molecular formula is C13H8O2P. The Bertz CT molecular complexity index is 561. The van der Waals surface area contributed by atoms with Crippen LogP contribution in [0, 0.1) is 0 Å². The van der Waals surface area contributed by atoms with Crippen LogP contribution >= 0.6 is 7.80 Å². The largest absolute Gasteiger partial charge is 0.281 e. The van der Waals surface area contributed by atoms with Crippen molar-refractivity contribution in [3.8, 4) is 11.1 Å². The normalized spacial score (nSPS) is 15.5. The molecular weight excluding hydrogens is 219 g/mol. The molecule has 1 atom stereocenters. The van der Waals surface area contributed by atoms with Gasteiger partial charge >= 0.3 is 0 Å². The van der Waals surface area contributed by atoms with E-state index in [0.29, 0.717) is 10.9 Å². The lowest BCUT2D eigenvalue weighted by Gasteiger charge is -2.17. The molecule has 2 nitrogen and oxygen atoms in total. The molecule has 1 aliphatic heterocycles. The van der Waals surface area contributed by atoms with Gasteiger partial charge in [-0.15, -0.1) is 0 Å². The summed E-state index contributed by atoms with van der Waals surface area (Å²) in [6.45, 7) is 0. The molecule has 0 bridgehead atoms. The summed E-state index contributed by atoms with van der Waals surface area (Å²) in [5, 5.41) is 0.654. The maximum Gasteiger partial charge on any atom is 0.247 e. The van der Waals surface area contributed by atoms with Crippen LogP contribution in [0.25, 0.3) is 11.1 Å². The zero-order valence-electron chi connectivity index (χ0n) is 8.38. The number of rotatable bonds is 0. The van der Waals surface area contributed by atoms with Crippen molar-refractivity contribution in [2.75, 3.05) is 0 Å². The third kappa shape index (κ3) is 1.17. The summed E-state index contributed by atoms with van der Waals surface area (Å²) < 4.78 is 12.0. The standard InChI is InChI=1S/C13H8O2P/c14-13-11-7-2-1-5-9(11)10-6-3-4-8-12(10)16(13)15/h1-8H. The zero-order valence-corrected chi connectivity index (χ0v) is 9.28. The lowest BCUT2D eigenvalue weighted by molar-refractivity contribution is 0.108. The first-order valence-corrected chi connectivity index (χ1v) is 6.25. The van der Waals surface area contributed by atoms with Crippen LogP contribution < -0.4 is 5.30 Å². The monoisotopic (exact) mass is 227 g/mol. The first kappa shape index (κ1) is 9.44. The van der Waals surface area contributed by atoms with Gasteiger partial charge < -0.3 is 0 Å². The van der Waals surface area contributed by atoms with E-state index in [1.165, 1.54) is 0 Å². The van der Waals surface area contributed by atoms with Crippen LogP contribution in [-0.2, 0) is 4.57 Å². The molecule has 0 aromatic heterocycles. The van der Waals surface area contributed by atoms with Crippen molar-refractivity contribution in [2.24, 2.45) is 0 Å². The highest BCUT2D eigenvalue weighted by Crippen LogP contribution is 2.39. The number of fused-ring (bicyclic) bond motifs is 3. The third-order valence-electron chi connectivity index (χ3n) is 2.75. The van der Waals surface area contributed by atoms with Gasteiger partial charge in [0.2, 0.25) is 5.52 Å². The van der Waals surface area contributed by atoms with E-state index >= 15 is 0 Å². The molecule has 0 saturated heterocycles. The lowest BCUT2D eigenvalue weighted by Crippen LogP contribution is -2.14. The van der Waals surface area contributed by atoms with Gasteiger partial charge in [-0.05, 0) is 23.3 Å². The van der Waals surface area contributed by atoms with Crippen LogP contribution in [-0.4, -0.2) is 5.52 Å². The quantitative estimate of drug-likeness (QED) is 0.648. The highest BCUT2D eigenvalue weighted by molar-refractivity contribution is 7.72. The molecule has 2 aromatic rings. The Balaban J connectivity index is 2.41. The predicted molar refractivity (Wildman–Crippen MR) is 63.4 cm³/mol. The van der Waals surface area contributed by atoms with Gasteiger partial charge in [0.1, 0.15) is 0 Å². The van der Waals surface area contributed by atoms with Crippen molar-refractivity contribution < 1.29 is 9.36 Å². The van der Waals surface area contributed by atoms with E-state index in [2.05, 4.69) is 0 Å². The van der Waals surface area contributed by atoms with Crippen molar-refractivity contribution in [2.45, 2.75) is 0 Å². The van der Waals surface area contributed by atoms with Gasteiger partial charge in [-0.2, -0.15) is 0 Å². The van der Waals surface area contributed by atoms with E-state index in [9.17, 15) is 9.36 Å². The SMILES string of the molecule is O=C1c2ccccc2-c2ccccc2[P]1=O. The Morgan fingerprint density at radius 1 is 0.750 bits per heavy atom. The second-order valence-corrected chi connectivity index (χ2v) is 5.14. The minimum atomic E-state index is -1.94. The highest BCUT2D eigenvalue weighted by atomic mass is 31.1. The summed E-state index contributed by atoms with van der Waals surface area (Å²) in [5.74, 6) is 0. The van der Waals surface area contributed by atoms with E-state index in [0.717, 1.165) is 11.1 Å². The second kappa shape index (κ2) is 3.36. The van der Waals surface area contributed by atoms with Crippen molar-refractivity contribution >= 4 is 18.6 Å². The lowest BCUT2D eigenvalue weighted by atomic mass is 10.00. The molecule has 0 saturated carbocycles. The Kier molecular flexibility index (Phi) is 1.98. The minimum Gasteiger partial charge on any atom is -0.281 e. The molecule has 77 valence electrons. The van der Waals surface area contributed by atoms with Gasteiger partial charge in [0, 0.05) is 10.9 Å². The molecule has 3 rings (SSSR count). The fourth-order valence-electron chi connectivity index (χ4n) is 2.00. The van der Waals surface area contributed by atoms with Crippen LogP contribution in [0.15, 0.2) is 48.5 Å². The summed E-state index contributed by atoms with van der Waals surface area (Å²) in [5.41, 5.74) is 2.11. The van der Waals surface area contributed by atoms with E-state index in [-0.39, 0.29) is 5.52 Å². The number of carbonyl (C=O) groups excluding carboxylic acids is 1. The summed E-state index contributed by atoms with van der Waals surface area (Å²) >= 11 is 0. The molecule has 1 unspecified atom stereocenters. The fourth-order valence-corrected chi connectivity index (χ4v) is 3.27. The van der Waals surface area contributed by atoms with E-state index in [1.54, 1.807) is 18.2 Å². The highest BCUT2D eigenvalue weighted by Gasteiger charge is 2.28. The smallest absolute Gasteiger partial charge is 0.247 e. The van der Waals surface area contributed by atoms with Crippen molar-refractivity contribution in [1.82, 2.24) is 0 Å². The molecule has 0 N–H and O–H groups in total. The first-order chi connectivity index (χ1) is 7.79. The van der Waals surface area contributed by atoms with Crippen LogP contribution in [0.1, 0.15) is 10.4 Å². The molecule has 2 aromatic carbocycles. The van der Waals surface area contributed by atoms with E-state index in [4.69, 9.17) is 0 Å². The number of carbonyl (C=O) groups is 1. The summed E-state index contributed by atoms with van der Waals surface area (Å²) in [7, 11) is -1.94. The Morgan fingerprint density at radius 3 is 2.06 bits per heavy atom. The predicted octanol–water partition coefficient (Wildman–Crippen LogP) is 2.96. The van der Waals surface area contributed by atoms with Crippen molar-refractivity contribution in [3.63, 3.8) is 0 Å².